The molecule has 0 saturated heterocycles. The van der Waals surface area contributed by atoms with Crippen molar-refractivity contribution in [2.75, 3.05) is 12.8 Å². The van der Waals surface area contributed by atoms with Crippen molar-refractivity contribution in [3.63, 3.8) is 0 Å². The van der Waals surface area contributed by atoms with Crippen LogP contribution in [0.3, 0.4) is 0 Å². The maximum absolute atomic E-state index is 5.74. The van der Waals surface area contributed by atoms with Crippen molar-refractivity contribution in [2.24, 2.45) is 0 Å². The van der Waals surface area contributed by atoms with Gasteiger partial charge in [-0.15, -0.1) is 23.1 Å². The Morgan fingerprint density at radius 3 is 3.05 bits per heavy atom. The maximum Gasteiger partial charge on any atom is 0.237 e. The van der Waals surface area contributed by atoms with Gasteiger partial charge < -0.3 is 15.0 Å². The molecule has 0 fully saturated rings. The number of hydrogen-bond acceptors (Lipinski definition) is 7. The van der Waals surface area contributed by atoms with Gasteiger partial charge in [0.15, 0.2) is 0 Å². The number of nitrogen functional groups attached to an aromatic ring is 1. The Balaban J connectivity index is 1.71. The lowest BCUT2D eigenvalue weighted by Crippen LogP contribution is -1.90. The number of ether oxygens (including phenoxy) is 1. The van der Waals surface area contributed by atoms with Crippen LogP contribution < -0.4 is 10.5 Å². The Labute approximate surface area is 130 Å². The van der Waals surface area contributed by atoms with Crippen LogP contribution in [0.5, 0.6) is 5.75 Å². The minimum Gasteiger partial charge on any atom is -0.496 e. The maximum atomic E-state index is 5.74. The molecule has 0 bridgehead atoms. The molecule has 0 unspecified atom stereocenters. The van der Waals surface area contributed by atoms with E-state index in [1.807, 2.05) is 29.6 Å². The van der Waals surface area contributed by atoms with Gasteiger partial charge in [-0.1, -0.05) is 11.2 Å². The number of hydrogen-bond donors (Lipinski definition) is 1. The molecule has 0 aliphatic heterocycles. The molecule has 3 rings (SSSR count). The third kappa shape index (κ3) is 3.20. The van der Waals surface area contributed by atoms with Crippen LogP contribution >= 0.6 is 23.1 Å². The molecule has 2 aromatic heterocycles. The largest absolute Gasteiger partial charge is 0.496 e. The molecule has 0 aliphatic rings. The van der Waals surface area contributed by atoms with E-state index < -0.39 is 0 Å². The van der Waals surface area contributed by atoms with Crippen LogP contribution in [0, 0.1) is 0 Å². The first-order valence-electron chi connectivity index (χ1n) is 6.19. The highest BCUT2D eigenvalue weighted by Gasteiger charge is 2.11. The van der Waals surface area contributed by atoms with Crippen LogP contribution in [-0.4, -0.2) is 17.3 Å². The number of benzene rings is 1. The fourth-order valence-electron chi connectivity index (χ4n) is 1.76. The molecule has 5 nitrogen and oxygen atoms in total. The van der Waals surface area contributed by atoms with Crippen LogP contribution in [0.15, 0.2) is 45.1 Å². The van der Waals surface area contributed by atoms with Crippen molar-refractivity contribution >= 4 is 28.8 Å². The highest BCUT2D eigenvalue weighted by molar-refractivity contribution is 7.98. The minimum atomic E-state index is 0.582. The SMILES string of the molecule is COc1cc(N)ccc1SCc1nc(-c2cccs2)no1. The molecule has 7 heteroatoms. The number of nitrogens with two attached hydrogens (primary N) is 1. The third-order valence-electron chi connectivity index (χ3n) is 2.75. The molecule has 0 aliphatic carbocycles. The highest BCUT2D eigenvalue weighted by atomic mass is 32.2. The van der Waals surface area contributed by atoms with E-state index in [-0.39, 0.29) is 0 Å². The van der Waals surface area contributed by atoms with Gasteiger partial charge in [-0.05, 0) is 23.6 Å². The Bertz CT molecular complexity index is 726. The van der Waals surface area contributed by atoms with Gasteiger partial charge in [-0.3, -0.25) is 0 Å². The smallest absolute Gasteiger partial charge is 0.237 e. The first-order chi connectivity index (χ1) is 10.3. The monoisotopic (exact) mass is 319 g/mol. The zero-order chi connectivity index (χ0) is 14.7. The van der Waals surface area contributed by atoms with Gasteiger partial charge in [0.2, 0.25) is 11.7 Å². The van der Waals surface area contributed by atoms with Crippen LogP contribution in [0.2, 0.25) is 0 Å². The lowest BCUT2D eigenvalue weighted by Gasteiger charge is -2.07. The summed E-state index contributed by atoms with van der Waals surface area (Å²) in [7, 11) is 1.63. The number of nitrogens with zero attached hydrogens (tertiary/aromatic N) is 2. The normalized spacial score (nSPS) is 10.7. The summed E-state index contributed by atoms with van der Waals surface area (Å²) in [4.78, 5) is 6.38. The summed E-state index contributed by atoms with van der Waals surface area (Å²) < 4.78 is 10.6. The van der Waals surface area contributed by atoms with Crippen molar-refractivity contribution in [1.82, 2.24) is 10.1 Å². The molecule has 0 radical (unpaired) electrons. The van der Waals surface area contributed by atoms with Gasteiger partial charge in [-0.2, -0.15) is 4.98 Å². The molecule has 0 spiro atoms. The summed E-state index contributed by atoms with van der Waals surface area (Å²) in [5.74, 6) is 2.55. The zero-order valence-corrected chi connectivity index (χ0v) is 12.9. The summed E-state index contributed by atoms with van der Waals surface area (Å²) >= 11 is 3.16. The molecule has 2 heterocycles. The predicted octanol–water partition coefficient (Wildman–Crippen LogP) is 3.68. The second kappa shape index (κ2) is 6.19. The van der Waals surface area contributed by atoms with Crippen molar-refractivity contribution in [3.05, 3.63) is 41.6 Å². The molecular formula is C14H13N3O2S2. The second-order valence-corrected chi connectivity index (χ2v) is 6.15. The first kappa shape index (κ1) is 14.0. The van der Waals surface area contributed by atoms with E-state index in [0.717, 1.165) is 15.5 Å². The topological polar surface area (TPSA) is 74.2 Å². The average molecular weight is 319 g/mol. The summed E-state index contributed by atoms with van der Waals surface area (Å²) in [5.41, 5.74) is 6.41. The van der Waals surface area contributed by atoms with Gasteiger partial charge in [0.05, 0.1) is 17.7 Å². The third-order valence-corrected chi connectivity index (χ3v) is 4.65. The molecule has 21 heavy (non-hydrogen) atoms. The van der Waals surface area contributed by atoms with E-state index in [1.165, 1.54) is 0 Å². The molecule has 108 valence electrons. The Morgan fingerprint density at radius 2 is 2.29 bits per heavy atom. The van der Waals surface area contributed by atoms with Crippen LogP contribution in [0.4, 0.5) is 5.69 Å². The number of aromatic nitrogens is 2. The standard InChI is InChI=1S/C14H13N3O2S2/c1-18-10-7-9(15)4-5-11(10)21-8-13-16-14(17-19-13)12-3-2-6-20-12/h2-7H,8,15H2,1H3. The van der Waals surface area contributed by atoms with Crippen molar-refractivity contribution in [2.45, 2.75) is 10.6 Å². The molecule has 0 atom stereocenters. The van der Waals surface area contributed by atoms with E-state index in [1.54, 1.807) is 36.3 Å². The predicted molar refractivity (Wildman–Crippen MR) is 84.6 cm³/mol. The minimum absolute atomic E-state index is 0.582. The Kier molecular flexibility index (Phi) is 4.12. The summed E-state index contributed by atoms with van der Waals surface area (Å²) in [6.07, 6.45) is 0. The number of anilines is 1. The van der Waals surface area contributed by atoms with Gasteiger partial charge in [0.25, 0.3) is 0 Å². The van der Waals surface area contributed by atoms with E-state index >= 15 is 0 Å². The van der Waals surface area contributed by atoms with Gasteiger partial charge >= 0.3 is 0 Å². The van der Waals surface area contributed by atoms with Gasteiger partial charge in [0, 0.05) is 16.6 Å². The van der Waals surface area contributed by atoms with E-state index in [9.17, 15) is 0 Å². The first-order valence-corrected chi connectivity index (χ1v) is 8.05. The number of thiophene rings is 1. The molecule has 3 aromatic rings. The van der Waals surface area contributed by atoms with Crippen molar-refractivity contribution in [1.29, 1.82) is 0 Å². The molecule has 2 N–H and O–H groups in total. The molecule has 1 aromatic carbocycles. The quantitative estimate of drug-likeness (QED) is 0.571. The lowest BCUT2D eigenvalue weighted by atomic mass is 10.3. The number of rotatable bonds is 5. The summed E-state index contributed by atoms with van der Waals surface area (Å²) in [6, 6.07) is 9.50. The van der Waals surface area contributed by atoms with Crippen LogP contribution in [0.25, 0.3) is 10.7 Å². The Hall–Kier alpha value is -1.99. The van der Waals surface area contributed by atoms with E-state index in [0.29, 0.717) is 23.2 Å². The molecule has 0 saturated carbocycles. The van der Waals surface area contributed by atoms with Crippen molar-refractivity contribution < 1.29 is 9.26 Å². The molecule has 0 amide bonds. The average Bonchev–Trinajstić information content (AvgIpc) is 3.16. The fourth-order valence-corrected chi connectivity index (χ4v) is 3.26. The number of thioether (sulfide) groups is 1. The van der Waals surface area contributed by atoms with Crippen LogP contribution in [-0.2, 0) is 5.75 Å². The Morgan fingerprint density at radius 1 is 1.38 bits per heavy atom. The molecular weight excluding hydrogens is 306 g/mol. The van der Waals surface area contributed by atoms with E-state index in [4.69, 9.17) is 15.0 Å². The highest BCUT2D eigenvalue weighted by Crippen LogP contribution is 2.33. The lowest BCUT2D eigenvalue weighted by molar-refractivity contribution is 0.391. The summed E-state index contributed by atoms with van der Waals surface area (Å²) in [5, 5.41) is 5.97. The van der Waals surface area contributed by atoms with Crippen LogP contribution in [0.1, 0.15) is 5.89 Å². The fraction of sp³-hybridized carbons (Fsp3) is 0.143. The second-order valence-electron chi connectivity index (χ2n) is 4.19. The van der Waals surface area contributed by atoms with Crippen molar-refractivity contribution in [3.8, 4) is 16.5 Å². The van der Waals surface area contributed by atoms with Gasteiger partial charge in [-0.25, -0.2) is 0 Å². The number of methoxy groups -OCH3 is 1. The zero-order valence-electron chi connectivity index (χ0n) is 11.3. The van der Waals surface area contributed by atoms with E-state index in [2.05, 4.69) is 10.1 Å². The van der Waals surface area contributed by atoms with Gasteiger partial charge in [0.1, 0.15) is 5.75 Å². The summed E-state index contributed by atoms with van der Waals surface area (Å²) in [6.45, 7) is 0.